The maximum absolute atomic E-state index is 13.2. The van der Waals surface area contributed by atoms with Crippen molar-refractivity contribution in [2.45, 2.75) is 17.6 Å². The summed E-state index contributed by atoms with van der Waals surface area (Å²) in [5.74, 6) is 0.0858. The number of H-pyrrole nitrogens is 1. The number of carbonyl (C=O) groups excluding carboxylic acids is 1. The summed E-state index contributed by atoms with van der Waals surface area (Å²) >= 11 is 13.8. The van der Waals surface area contributed by atoms with E-state index in [0.717, 1.165) is 4.90 Å². The molecule has 8 heteroatoms. The number of benzene rings is 2. The topological polar surface area (TPSA) is 55.0 Å². The van der Waals surface area contributed by atoms with E-state index >= 15 is 0 Å². The van der Waals surface area contributed by atoms with E-state index in [0.29, 0.717) is 32.9 Å². The lowest BCUT2D eigenvalue weighted by molar-refractivity contribution is 0.0521. The van der Waals surface area contributed by atoms with Crippen LogP contribution < -0.4 is 0 Å². The molecule has 1 heterocycles. The molecule has 0 spiro atoms. The zero-order valence-electron chi connectivity index (χ0n) is 14.3. The number of thioether (sulfide) groups is 1. The van der Waals surface area contributed by atoms with Crippen LogP contribution in [0.5, 0.6) is 0 Å². The molecule has 3 aromatic rings. The lowest BCUT2D eigenvalue weighted by Gasteiger charge is -2.04. The largest absolute Gasteiger partial charge is 0.461 e. The van der Waals surface area contributed by atoms with Gasteiger partial charge in [-0.3, -0.25) is 0 Å². The normalized spacial score (nSPS) is 10.8. The number of hydrogen-bond donors (Lipinski definition) is 1. The third-order valence-corrected chi connectivity index (χ3v) is 5.62. The van der Waals surface area contributed by atoms with Gasteiger partial charge in [-0.25, -0.2) is 14.2 Å². The molecule has 0 aliphatic rings. The Kier molecular flexibility index (Phi) is 6.42. The van der Waals surface area contributed by atoms with Gasteiger partial charge in [0.15, 0.2) is 5.69 Å². The number of nitrogens with one attached hydrogen (secondary N) is 1. The minimum atomic E-state index is -0.517. The Balaban J connectivity index is 1.91. The van der Waals surface area contributed by atoms with Gasteiger partial charge in [-0.2, -0.15) is 0 Å². The lowest BCUT2D eigenvalue weighted by atomic mass is 10.1. The van der Waals surface area contributed by atoms with E-state index in [9.17, 15) is 9.18 Å². The number of halogens is 3. The standard InChI is InChI=1S/C19H15Cl2FN2O2S/c1-2-26-19(25)17-16(11-6-8-12(22)9-7-11)23-15(24-17)10-27-18-13(20)4-3-5-14(18)21/h3-9H,2,10H2,1H3,(H,23,24). The van der Waals surface area contributed by atoms with Gasteiger partial charge >= 0.3 is 5.97 Å². The fourth-order valence-electron chi connectivity index (χ4n) is 2.42. The molecule has 27 heavy (non-hydrogen) atoms. The van der Waals surface area contributed by atoms with Crippen molar-refractivity contribution in [2.24, 2.45) is 0 Å². The maximum atomic E-state index is 13.2. The monoisotopic (exact) mass is 424 g/mol. The molecule has 0 bridgehead atoms. The number of aromatic nitrogens is 2. The van der Waals surface area contributed by atoms with Gasteiger partial charge in [0, 0.05) is 10.5 Å². The molecule has 0 aliphatic heterocycles. The molecule has 1 aromatic heterocycles. The number of aromatic amines is 1. The summed E-state index contributed by atoms with van der Waals surface area (Å²) in [4.78, 5) is 20.5. The zero-order valence-corrected chi connectivity index (χ0v) is 16.6. The fraction of sp³-hybridized carbons (Fsp3) is 0.158. The van der Waals surface area contributed by atoms with Crippen LogP contribution in [0.2, 0.25) is 10.0 Å². The highest BCUT2D eigenvalue weighted by atomic mass is 35.5. The number of esters is 1. The molecule has 0 fully saturated rings. The predicted molar refractivity (Wildman–Crippen MR) is 106 cm³/mol. The van der Waals surface area contributed by atoms with Gasteiger partial charge in [0.25, 0.3) is 0 Å². The highest BCUT2D eigenvalue weighted by Crippen LogP contribution is 2.36. The van der Waals surface area contributed by atoms with Crippen molar-refractivity contribution < 1.29 is 13.9 Å². The fourth-order valence-corrected chi connectivity index (χ4v) is 3.97. The third-order valence-electron chi connectivity index (χ3n) is 3.62. The van der Waals surface area contributed by atoms with Crippen LogP contribution in [-0.2, 0) is 10.5 Å². The van der Waals surface area contributed by atoms with E-state index < -0.39 is 5.97 Å². The molecule has 0 amide bonds. The van der Waals surface area contributed by atoms with Gasteiger partial charge in [-0.15, -0.1) is 11.8 Å². The Bertz CT molecular complexity index is 941. The van der Waals surface area contributed by atoms with E-state index in [4.69, 9.17) is 27.9 Å². The highest BCUT2D eigenvalue weighted by molar-refractivity contribution is 7.98. The van der Waals surface area contributed by atoms with Crippen molar-refractivity contribution in [1.82, 2.24) is 9.97 Å². The number of imidazole rings is 1. The van der Waals surface area contributed by atoms with E-state index in [-0.39, 0.29) is 18.1 Å². The SMILES string of the molecule is CCOC(=O)c1[nH]c(CSc2c(Cl)cccc2Cl)nc1-c1ccc(F)cc1. The summed E-state index contributed by atoms with van der Waals surface area (Å²) in [6.45, 7) is 1.96. The Hall–Kier alpha value is -2.02. The quantitative estimate of drug-likeness (QED) is 0.389. The first-order chi connectivity index (χ1) is 13.0. The van der Waals surface area contributed by atoms with Crippen molar-refractivity contribution >= 4 is 40.9 Å². The van der Waals surface area contributed by atoms with Crippen molar-refractivity contribution in [3.63, 3.8) is 0 Å². The van der Waals surface area contributed by atoms with Crippen LogP contribution in [0.4, 0.5) is 4.39 Å². The molecule has 140 valence electrons. The molecule has 1 N–H and O–H groups in total. The van der Waals surface area contributed by atoms with E-state index in [1.165, 1.54) is 23.9 Å². The van der Waals surface area contributed by atoms with Gasteiger partial charge in [0.05, 0.1) is 22.4 Å². The first-order valence-corrected chi connectivity index (χ1v) is 9.82. The van der Waals surface area contributed by atoms with Crippen molar-refractivity contribution in [2.75, 3.05) is 6.61 Å². The van der Waals surface area contributed by atoms with Crippen LogP contribution in [0.1, 0.15) is 23.2 Å². The summed E-state index contributed by atoms with van der Waals surface area (Å²) in [6.07, 6.45) is 0. The summed E-state index contributed by atoms with van der Waals surface area (Å²) < 4.78 is 18.3. The van der Waals surface area contributed by atoms with Crippen LogP contribution in [0.15, 0.2) is 47.4 Å². The molecule has 0 aliphatic carbocycles. The van der Waals surface area contributed by atoms with E-state index in [1.54, 1.807) is 37.3 Å². The molecule has 0 radical (unpaired) electrons. The predicted octanol–water partition coefficient (Wildman–Crippen LogP) is 5.99. The zero-order chi connectivity index (χ0) is 19.4. The highest BCUT2D eigenvalue weighted by Gasteiger charge is 2.20. The Morgan fingerprint density at radius 2 is 1.85 bits per heavy atom. The van der Waals surface area contributed by atoms with Crippen LogP contribution in [0.3, 0.4) is 0 Å². The van der Waals surface area contributed by atoms with Crippen molar-refractivity contribution in [3.8, 4) is 11.3 Å². The van der Waals surface area contributed by atoms with Gasteiger partial charge in [0.2, 0.25) is 0 Å². The Morgan fingerprint density at radius 3 is 2.48 bits per heavy atom. The molecule has 0 unspecified atom stereocenters. The Morgan fingerprint density at radius 1 is 1.19 bits per heavy atom. The van der Waals surface area contributed by atoms with Crippen molar-refractivity contribution in [1.29, 1.82) is 0 Å². The summed E-state index contributed by atoms with van der Waals surface area (Å²) in [5, 5.41) is 1.09. The van der Waals surface area contributed by atoms with Crippen LogP contribution in [0.25, 0.3) is 11.3 Å². The van der Waals surface area contributed by atoms with Crippen LogP contribution in [0, 0.1) is 5.82 Å². The minimum Gasteiger partial charge on any atom is -0.461 e. The van der Waals surface area contributed by atoms with E-state index in [1.807, 2.05) is 0 Å². The first kappa shape index (κ1) is 19.7. The number of hydrogen-bond acceptors (Lipinski definition) is 4. The molecule has 3 rings (SSSR count). The van der Waals surface area contributed by atoms with Gasteiger partial charge in [-0.05, 0) is 43.3 Å². The first-order valence-electron chi connectivity index (χ1n) is 8.08. The second-order valence-electron chi connectivity index (χ2n) is 5.47. The molecule has 0 atom stereocenters. The molecule has 0 saturated carbocycles. The molecular weight excluding hydrogens is 410 g/mol. The summed E-state index contributed by atoms with van der Waals surface area (Å²) in [7, 11) is 0. The number of rotatable bonds is 6. The average molecular weight is 425 g/mol. The van der Waals surface area contributed by atoms with E-state index in [2.05, 4.69) is 9.97 Å². The number of nitrogens with zero attached hydrogens (tertiary/aromatic N) is 1. The summed E-state index contributed by atoms with van der Waals surface area (Å²) in [5.41, 5.74) is 1.25. The minimum absolute atomic E-state index is 0.226. The maximum Gasteiger partial charge on any atom is 0.357 e. The van der Waals surface area contributed by atoms with Crippen molar-refractivity contribution in [3.05, 3.63) is 69.8 Å². The molecule has 4 nitrogen and oxygen atoms in total. The number of ether oxygens (including phenoxy) is 1. The van der Waals surface area contributed by atoms with Gasteiger partial charge < -0.3 is 9.72 Å². The summed E-state index contributed by atoms with van der Waals surface area (Å²) in [6, 6.07) is 11.0. The van der Waals surface area contributed by atoms with Gasteiger partial charge in [-0.1, -0.05) is 29.3 Å². The third kappa shape index (κ3) is 4.64. The second-order valence-corrected chi connectivity index (χ2v) is 7.27. The van der Waals surface area contributed by atoms with Crippen LogP contribution >= 0.6 is 35.0 Å². The second kappa shape index (κ2) is 8.78. The van der Waals surface area contributed by atoms with Gasteiger partial charge in [0.1, 0.15) is 17.3 Å². The number of carbonyl (C=O) groups is 1. The Labute approximate surface area is 170 Å². The molecular formula is C19H15Cl2FN2O2S. The molecule has 0 saturated heterocycles. The smallest absolute Gasteiger partial charge is 0.357 e. The van der Waals surface area contributed by atoms with Crippen LogP contribution in [-0.4, -0.2) is 22.5 Å². The average Bonchev–Trinajstić information content (AvgIpc) is 3.06. The lowest BCUT2D eigenvalue weighted by Crippen LogP contribution is -2.06. The molecule has 2 aromatic carbocycles.